The molecule has 2 unspecified atom stereocenters. The predicted octanol–water partition coefficient (Wildman–Crippen LogP) is 2.96. The highest BCUT2D eigenvalue weighted by Gasteiger charge is 2.42. The Balaban J connectivity index is 0.000000220. The molecule has 0 aromatic heterocycles. The van der Waals surface area contributed by atoms with Crippen molar-refractivity contribution in [3.05, 3.63) is 47.5 Å². The predicted molar refractivity (Wildman–Crippen MR) is 137 cm³/mol. The summed E-state index contributed by atoms with van der Waals surface area (Å²) >= 11 is 0. The minimum absolute atomic E-state index is 0.265. The standard InChI is InChI=1S/2C14H16O6/c2*1-17-10-5-4-8(6-12(10)18-2)11-7-9(13(15)19-3)14(16)20-11/h2*4-6,9,11H,7H2,1-3H3/t9-,11+;/m0./s1. The third kappa shape index (κ3) is 6.56. The van der Waals surface area contributed by atoms with Crippen molar-refractivity contribution in [3.63, 3.8) is 0 Å². The molecule has 0 N–H and O–H groups in total. The van der Waals surface area contributed by atoms with Crippen molar-refractivity contribution in [1.29, 1.82) is 0 Å². The topological polar surface area (TPSA) is 142 Å². The summed E-state index contributed by atoms with van der Waals surface area (Å²) in [5, 5.41) is 0. The minimum Gasteiger partial charge on any atom is -0.493 e. The van der Waals surface area contributed by atoms with Crippen LogP contribution in [-0.2, 0) is 38.1 Å². The third-order valence-electron chi connectivity index (χ3n) is 6.52. The van der Waals surface area contributed by atoms with Gasteiger partial charge in [-0.15, -0.1) is 0 Å². The summed E-state index contributed by atoms with van der Waals surface area (Å²) in [6.07, 6.45) is -0.431. The van der Waals surface area contributed by atoms with Crippen molar-refractivity contribution in [3.8, 4) is 23.0 Å². The Labute approximate surface area is 231 Å². The van der Waals surface area contributed by atoms with Gasteiger partial charge in [-0.1, -0.05) is 12.1 Å². The lowest BCUT2D eigenvalue weighted by atomic mass is 10.00. The first-order valence-electron chi connectivity index (χ1n) is 12.2. The molecule has 2 fully saturated rings. The number of hydrogen-bond acceptors (Lipinski definition) is 12. The van der Waals surface area contributed by atoms with Crippen molar-refractivity contribution >= 4 is 23.9 Å². The van der Waals surface area contributed by atoms with E-state index in [9.17, 15) is 19.2 Å². The fraction of sp³-hybridized carbons (Fsp3) is 0.429. The number of methoxy groups -OCH3 is 6. The Bertz CT molecular complexity index is 1140. The first kappa shape index (κ1) is 30.1. The Morgan fingerprint density at radius 1 is 0.600 bits per heavy atom. The van der Waals surface area contributed by atoms with E-state index in [0.717, 1.165) is 11.1 Å². The second kappa shape index (κ2) is 13.5. The van der Waals surface area contributed by atoms with E-state index in [1.807, 2.05) is 0 Å². The Kier molecular flexibility index (Phi) is 10.2. The highest BCUT2D eigenvalue weighted by molar-refractivity contribution is 5.96. The van der Waals surface area contributed by atoms with E-state index in [1.165, 1.54) is 28.4 Å². The van der Waals surface area contributed by atoms with E-state index < -0.39 is 47.9 Å². The quantitative estimate of drug-likeness (QED) is 0.266. The molecule has 0 bridgehead atoms. The molecule has 0 amide bonds. The van der Waals surface area contributed by atoms with Crippen LogP contribution in [0.2, 0.25) is 0 Å². The average molecular weight is 561 g/mol. The second-order valence-electron chi connectivity index (χ2n) is 8.70. The van der Waals surface area contributed by atoms with Gasteiger partial charge in [0, 0.05) is 12.8 Å². The summed E-state index contributed by atoms with van der Waals surface area (Å²) in [6.45, 7) is 0. The molecule has 12 heteroatoms. The van der Waals surface area contributed by atoms with Crippen LogP contribution in [0.3, 0.4) is 0 Å². The Morgan fingerprint density at radius 2 is 0.950 bits per heavy atom. The zero-order valence-electron chi connectivity index (χ0n) is 23.1. The van der Waals surface area contributed by atoms with Gasteiger partial charge in [-0.3, -0.25) is 19.2 Å². The zero-order valence-corrected chi connectivity index (χ0v) is 23.1. The zero-order chi connectivity index (χ0) is 29.4. The summed E-state index contributed by atoms with van der Waals surface area (Å²) < 4.78 is 40.3. The minimum atomic E-state index is -0.863. The van der Waals surface area contributed by atoms with Crippen molar-refractivity contribution < 1.29 is 57.1 Å². The highest BCUT2D eigenvalue weighted by Crippen LogP contribution is 2.39. The molecule has 4 rings (SSSR count). The first-order valence-corrected chi connectivity index (χ1v) is 12.2. The molecule has 0 spiro atoms. The van der Waals surface area contributed by atoms with E-state index in [1.54, 1.807) is 50.6 Å². The van der Waals surface area contributed by atoms with E-state index in [-0.39, 0.29) is 12.8 Å². The van der Waals surface area contributed by atoms with Crippen LogP contribution in [-0.4, -0.2) is 66.5 Å². The molecule has 12 nitrogen and oxygen atoms in total. The maximum Gasteiger partial charge on any atom is 0.321 e. The van der Waals surface area contributed by atoms with E-state index in [4.69, 9.17) is 28.4 Å². The molecule has 2 aliphatic rings. The maximum absolute atomic E-state index is 11.7. The first-order chi connectivity index (χ1) is 19.2. The molecule has 0 saturated carbocycles. The maximum atomic E-state index is 11.7. The van der Waals surface area contributed by atoms with Gasteiger partial charge in [-0.05, 0) is 35.4 Å². The average Bonchev–Trinajstić information content (AvgIpc) is 3.58. The summed E-state index contributed by atoms with van der Waals surface area (Å²) in [6, 6.07) is 10.5. The lowest BCUT2D eigenvalue weighted by Crippen LogP contribution is -2.20. The van der Waals surface area contributed by atoms with Crippen molar-refractivity contribution in [1.82, 2.24) is 0 Å². The van der Waals surface area contributed by atoms with Gasteiger partial charge in [0.1, 0.15) is 12.2 Å². The monoisotopic (exact) mass is 560 g/mol. The van der Waals surface area contributed by atoms with Crippen LogP contribution in [0.1, 0.15) is 36.2 Å². The van der Waals surface area contributed by atoms with Gasteiger partial charge in [0.15, 0.2) is 34.8 Å². The van der Waals surface area contributed by atoms with E-state index in [0.29, 0.717) is 23.0 Å². The highest BCUT2D eigenvalue weighted by atomic mass is 16.6. The Morgan fingerprint density at radius 3 is 1.25 bits per heavy atom. The van der Waals surface area contributed by atoms with Crippen LogP contribution >= 0.6 is 0 Å². The number of cyclic esters (lactones) is 2. The van der Waals surface area contributed by atoms with Crippen molar-refractivity contribution in [2.45, 2.75) is 25.0 Å². The number of benzene rings is 2. The lowest BCUT2D eigenvalue weighted by Gasteiger charge is -2.13. The smallest absolute Gasteiger partial charge is 0.321 e. The van der Waals surface area contributed by atoms with Crippen molar-refractivity contribution in [2.75, 3.05) is 42.7 Å². The molecule has 2 saturated heterocycles. The van der Waals surface area contributed by atoms with Gasteiger partial charge in [-0.2, -0.15) is 0 Å². The fourth-order valence-electron chi connectivity index (χ4n) is 4.35. The number of rotatable bonds is 8. The fourth-order valence-corrected chi connectivity index (χ4v) is 4.35. The molecule has 2 aliphatic heterocycles. The molecule has 0 aliphatic carbocycles. The van der Waals surface area contributed by atoms with Crippen LogP contribution in [0.25, 0.3) is 0 Å². The van der Waals surface area contributed by atoms with Crippen LogP contribution in [0.5, 0.6) is 23.0 Å². The van der Waals surface area contributed by atoms with E-state index in [2.05, 4.69) is 9.47 Å². The molecule has 2 aromatic rings. The Hall–Kier alpha value is -4.48. The molecule has 40 heavy (non-hydrogen) atoms. The molecule has 216 valence electrons. The third-order valence-corrected chi connectivity index (χ3v) is 6.52. The second-order valence-corrected chi connectivity index (χ2v) is 8.70. The molecule has 2 heterocycles. The number of esters is 4. The summed E-state index contributed by atoms with van der Waals surface area (Å²) in [5.41, 5.74) is 1.50. The molecule has 4 atom stereocenters. The lowest BCUT2D eigenvalue weighted by molar-refractivity contribution is -0.156. The number of hydrogen-bond donors (Lipinski definition) is 0. The summed E-state index contributed by atoms with van der Waals surface area (Å²) in [4.78, 5) is 46.2. The van der Waals surface area contributed by atoms with Crippen LogP contribution < -0.4 is 18.9 Å². The largest absolute Gasteiger partial charge is 0.493 e. The number of ether oxygens (including phenoxy) is 8. The van der Waals surface area contributed by atoms with E-state index >= 15 is 0 Å². The summed E-state index contributed by atoms with van der Waals surface area (Å²) in [7, 11) is 8.64. The molecular formula is C28H32O12. The van der Waals surface area contributed by atoms with Gasteiger partial charge < -0.3 is 37.9 Å². The molecular weight excluding hydrogens is 528 g/mol. The molecule has 2 aromatic carbocycles. The van der Waals surface area contributed by atoms with Crippen LogP contribution in [0, 0.1) is 11.8 Å². The number of carbonyl (C=O) groups excluding carboxylic acids is 4. The SMILES string of the molecule is COC(=O)C1CC(c2ccc(OC)c(OC)c2)OC1=O.COC(=O)[C@@H]1C[C@H](c2ccc(OC)c(OC)c2)OC1=O. The summed E-state index contributed by atoms with van der Waals surface area (Å²) in [5.74, 6) is -1.72. The normalized spacial score (nSPS) is 21.2. The van der Waals surface area contributed by atoms with Gasteiger partial charge >= 0.3 is 23.9 Å². The number of carbonyl (C=O) groups is 4. The van der Waals surface area contributed by atoms with Crippen molar-refractivity contribution in [2.24, 2.45) is 11.8 Å². The van der Waals surface area contributed by atoms with Gasteiger partial charge in [0.05, 0.1) is 42.7 Å². The van der Waals surface area contributed by atoms with Gasteiger partial charge in [0.25, 0.3) is 0 Å². The molecule has 0 radical (unpaired) electrons. The van der Waals surface area contributed by atoms with Crippen LogP contribution in [0.15, 0.2) is 36.4 Å². The van der Waals surface area contributed by atoms with Gasteiger partial charge in [-0.25, -0.2) is 0 Å². The van der Waals surface area contributed by atoms with Crippen LogP contribution in [0.4, 0.5) is 0 Å². The van der Waals surface area contributed by atoms with Gasteiger partial charge in [0.2, 0.25) is 0 Å².